The van der Waals surface area contributed by atoms with E-state index in [0.29, 0.717) is 30.4 Å². The first kappa shape index (κ1) is 25.3. The molecule has 7 nitrogen and oxygen atoms in total. The second-order valence-corrected chi connectivity index (χ2v) is 9.90. The smallest absolute Gasteiger partial charge is 0.266 e. The standard InChI is InChI=1S/C29H29BrN2O5/c1-3-5-17-36-23-16-11-19(18-24(23)35-4-2)26-25-27(37-32(26)22-9-7-6-8-10-22)29(34)31(28(25)33)21-14-12-20(30)13-15-21/h6-16,18,25-27H,3-5,17H2,1-2H3/t25-,26-,27-/m0/s1. The molecule has 2 heterocycles. The van der Waals surface area contributed by atoms with Crippen molar-refractivity contribution in [3.05, 3.63) is 82.8 Å². The predicted molar refractivity (Wildman–Crippen MR) is 145 cm³/mol. The van der Waals surface area contributed by atoms with Crippen LogP contribution in [0.3, 0.4) is 0 Å². The number of rotatable bonds is 9. The lowest BCUT2D eigenvalue weighted by Gasteiger charge is -2.29. The van der Waals surface area contributed by atoms with E-state index >= 15 is 0 Å². The largest absolute Gasteiger partial charge is 0.490 e. The minimum Gasteiger partial charge on any atom is -0.490 e. The average molecular weight is 565 g/mol. The van der Waals surface area contributed by atoms with E-state index in [4.69, 9.17) is 14.3 Å². The Morgan fingerprint density at radius 3 is 2.32 bits per heavy atom. The number of nitrogens with zero attached hydrogens (tertiary/aromatic N) is 2. The van der Waals surface area contributed by atoms with Crippen LogP contribution in [0.4, 0.5) is 11.4 Å². The number of benzene rings is 3. The summed E-state index contributed by atoms with van der Waals surface area (Å²) in [7, 11) is 0. The number of imide groups is 1. The zero-order valence-electron chi connectivity index (χ0n) is 20.8. The summed E-state index contributed by atoms with van der Waals surface area (Å²) in [6, 6.07) is 21.8. The molecule has 3 aromatic carbocycles. The number of hydrogen-bond acceptors (Lipinski definition) is 6. The summed E-state index contributed by atoms with van der Waals surface area (Å²) in [5, 5.41) is 1.69. The molecule has 2 aliphatic rings. The van der Waals surface area contributed by atoms with E-state index in [-0.39, 0.29) is 11.8 Å². The topological polar surface area (TPSA) is 68.3 Å². The maximum Gasteiger partial charge on any atom is 0.266 e. The van der Waals surface area contributed by atoms with Crippen molar-refractivity contribution in [2.75, 3.05) is 23.2 Å². The molecule has 2 aliphatic heterocycles. The number of amides is 2. The van der Waals surface area contributed by atoms with Crippen LogP contribution in [-0.4, -0.2) is 31.1 Å². The predicted octanol–water partition coefficient (Wildman–Crippen LogP) is 6.08. The fourth-order valence-electron chi connectivity index (χ4n) is 4.82. The maximum absolute atomic E-state index is 13.8. The molecule has 0 aromatic heterocycles. The van der Waals surface area contributed by atoms with Crippen LogP contribution in [0.1, 0.15) is 38.3 Å². The van der Waals surface area contributed by atoms with Crippen LogP contribution in [-0.2, 0) is 14.4 Å². The van der Waals surface area contributed by atoms with E-state index in [1.807, 2.05) is 67.6 Å². The Hall–Kier alpha value is -3.36. The zero-order valence-corrected chi connectivity index (χ0v) is 22.4. The second kappa shape index (κ2) is 10.9. The van der Waals surface area contributed by atoms with Crippen LogP contribution in [0.5, 0.6) is 11.5 Å². The summed E-state index contributed by atoms with van der Waals surface area (Å²) in [5.41, 5.74) is 2.09. The van der Waals surface area contributed by atoms with Crippen molar-refractivity contribution in [3.63, 3.8) is 0 Å². The number of fused-ring (bicyclic) bond motifs is 1. The zero-order chi connectivity index (χ0) is 25.9. The molecule has 2 fully saturated rings. The minimum atomic E-state index is -0.933. The fourth-order valence-corrected chi connectivity index (χ4v) is 5.08. The van der Waals surface area contributed by atoms with Gasteiger partial charge >= 0.3 is 0 Å². The van der Waals surface area contributed by atoms with Gasteiger partial charge in [0.05, 0.1) is 30.6 Å². The molecule has 37 heavy (non-hydrogen) atoms. The highest BCUT2D eigenvalue weighted by molar-refractivity contribution is 9.10. The molecule has 3 aromatic rings. The highest BCUT2D eigenvalue weighted by Crippen LogP contribution is 2.48. The first-order chi connectivity index (χ1) is 18.0. The van der Waals surface area contributed by atoms with E-state index in [1.54, 1.807) is 17.2 Å². The van der Waals surface area contributed by atoms with Crippen LogP contribution >= 0.6 is 15.9 Å². The molecular weight excluding hydrogens is 536 g/mol. The highest BCUT2D eigenvalue weighted by atomic mass is 79.9. The van der Waals surface area contributed by atoms with Crippen LogP contribution in [0.15, 0.2) is 77.3 Å². The maximum atomic E-state index is 13.8. The van der Waals surface area contributed by atoms with Gasteiger partial charge < -0.3 is 9.47 Å². The number of unbranched alkanes of at least 4 members (excludes halogenated alkanes) is 1. The van der Waals surface area contributed by atoms with Crippen LogP contribution in [0.2, 0.25) is 0 Å². The van der Waals surface area contributed by atoms with Crippen molar-refractivity contribution < 1.29 is 23.9 Å². The molecule has 0 N–H and O–H groups in total. The molecule has 0 saturated carbocycles. The number of hydrogen-bond donors (Lipinski definition) is 0. The number of para-hydroxylation sites is 1. The van der Waals surface area contributed by atoms with Crippen LogP contribution in [0, 0.1) is 5.92 Å². The van der Waals surface area contributed by atoms with Gasteiger partial charge in [-0.1, -0.05) is 53.5 Å². The van der Waals surface area contributed by atoms with Crippen molar-refractivity contribution in [1.82, 2.24) is 0 Å². The van der Waals surface area contributed by atoms with Gasteiger partial charge in [-0.25, -0.2) is 9.96 Å². The van der Waals surface area contributed by atoms with Gasteiger partial charge in [-0.05, 0) is 67.4 Å². The third-order valence-electron chi connectivity index (χ3n) is 6.58. The van der Waals surface area contributed by atoms with Gasteiger partial charge in [0, 0.05) is 4.47 Å². The third kappa shape index (κ3) is 4.83. The van der Waals surface area contributed by atoms with E-state index in [0.717, 1.165) is 28.6 Å². The molecule has 5 rings (SSSR count). The fraction of sp³-hybridized carbons (Fsp3) is 0.310. The summed E-state index contributed by atoms with van der Waals surface area (Å²) in [6.07, 6.45) is 1.04. The molecule has 2 amide bonds. The number of anilines is 2. The molecule has 0 unspecified atom stereocenters. The van der Waals surface area contributed by atoms with Gasteiger partial charge in [-0.15, -0.1) is 0 Å². The lowest BCUT2D eigenvalue weighted by atomic mass is 9.90. The Labute approximate surface area is 225 Å². The number of halogens is 1. The molecule has 3 atom stereocenters. The number of carbonyl (C=O) groups excluding carboxylic acids is 2. The van der Waals surface area contributed by atoms with Gasteiger partial charge in [-0.2, -0.15) is 0 Å². The SMILES string of the molecule is CCCCOc1ccc([C@H]2[C@@H]3C(=O)N(c4ccc(Br)cc4)C(=O)[C@H]3ON2c2ccccc2)cc1OCC. The first-order valence-electron chi connectivity index (χ1n) is 12.6. The number of hydroxylamine groups is 1. The minimum absolute atomic E-state index is 0.290. The third-order valence-corrected chi connectivity index (χ3v) is 7.10. The molecule has 192 valence electrons. The summed E-state index contributed by atoms with van der Waals surface area (Å²) >= 11 is 3.41. The molecule has 2 saturated heterocycles. The second-order valence-electron chi connectivity index (χ2n) is 8.99. The monoisotopic (exact) mass is 564 g/mol. The van der Waals surface area contributed by atoms with Gasteiger partial charge in [0.15, 0.2) is 17.6 Å². The van der Waals surface area contributed by atoms with Gasteiger partial charge in [0.25, 0.3) is 5.91 Å². The van der Waals surface area contributed by atoms with Crippen molar-refractivity contribution in [2.24, 2.45) is 5.92 Å². The Balaban J connectivity index is 1.55. The van der Waals surface area contributed by atoms with Crippen LogP contribution in [0.25, 0.3) is 0 Å². The van der Waals surface area contributed by atoms with Gasteiger partial charge in [-0.3, -0.25) is 14.4 Å². The summed E-state index contributed by atoms with van der Waals surface area (Å²) in [6.45, 7) is 5.10. The van der Waals surface area contributed by atoms with Crippen molar-refractivity contribution in [3.8, 4) is 11.5 Å². The Bertz CT molecular complexity index is 1270. The van der Waals surface area contributed by atoms with E-state index in [2.05, 4.69) is 22.9 Å². The lowest BCUT2D eigenvalue weighted by Crippen LogP contribution is -2.37. The van der Waals surface area contributed by atoms with E-state index in [9.17, 15) is 9.59 Å². The Morgan fingerprint density at radius 1 is 0.865 bits per heavy atom. The molecule has 0 bridgehead atoms. The lowest BCUT2D eigenvalue weighted by molar-refractivity contribution is -0.126. The number of ether oxygens (including phenoxy) is 2. The van der Waals surface area contributed by atoms with E-state index in [1.165, 1.54) is 4.90 Å². The van der Waals surface area contributed by atoms with Crippen molar-refractivity contribution in [1.29, 1.82) is 0 Å². The van der Waals surface area contributed by atoms with Gasteiger partial charge in [0.1, 0.15) is 5.92 Å². The van der Waals surface area contributed by atoms with Gasteiger partial charge in [0.2, 0.25) is 5.91 Å². The van der Waals surface area contributed by atoms with Crippen molar-refractivity contribution in [2.45, 2.75) is 38.8 Å². The number of carbonyl (C=O) groups is 2. The summed E-state index contributed by atoms with van der Waals surface area (Å²) in [4.78, 5) is 34.8. The quantitative estimate of drug-likeness (QED) is 0.232. The normalized spacial score (nSPS) is 20.9. The molecule has 0 spiro atoms. The highest BCUT2D eigenvalue weighted by Gasteiger charge is 2.60. The van der Waals surface area contributed by atoms with E-state index < -0.39 is 18.1 Å². The molecular formula is C29H29BrN2O5. The van der Waals surface area contributed by atoms with Crippen LogP contribution < -0.4 is 19.4 Å². The summed E-state index contributed by atoms with van der Waals surface area (Å²) in [5.74, 6) is -0.120. The molecule has 0 aliphatic carbocycles. The molecule has 8 heteroatoms. The molecule has 0 radical (unpaired) electrons. The van der Waals surface area contributed by atoms with Crippen molar-refractivity contribution >= 4 is 39.1 Å². The Kier molecular flexibility index (Phi) is 7.48. The Morgan fingerprint density at radius 2 is 1.62 bits per heavy atom. The average Bonchev–Trinajstić information content (AvgIpc) is 3.42. The summed E-state index contributed by atoms with van der Waals surface area (Å²) < 4.78 is 12.7. The first-order valence-corrected chi connectivity index (χ1v) is 13.4.